The standard InChI is InChI=1S/C16H30ClNO/c1-15(2,10-11-17)13-18-12-14-6-9-16(19-14)7-4-3-5-8-16/h14,18H,3-13H2,1-2H3. The van der Waals surface area contributed by atoms with Crippen molar-refractivity contribution in [2.24, 2.45) is 5.41 Å². The van der Waals surface area contributed by atoms with E-state index in [1.54, 1.807) is 0 Å². The summed E-state index contributed by atoms with van der Waals surface area (Å²) in [6.45, 7) is 6.60. The van der Waals surface area contributed by atoms with Gasteiger partial charge in [-0.2, -0.15) is 0 Å². The monoisotopic (exact) mass is 287 g/mol. The fourth-order valence-electron chi connectivity index (χ4n) is 3.52. The van der Waals surface area contributed by atoms with Gasteiger partial charge in [0.15, 0.2) is 0 Å². The number of rotatable bonds is 6. The van der Waals surface area contributed by atoms with Crippen molar-refractivity contribution in [2.45, 2.75) is 76.9 Å². The van der Waals surface area contributed by atoms with Gasteiger partial charge >= 0.3 is 0 Å². The molecule has 0 bridgehead atoms. The molecule has 112 valence electrons. The van der Waals surface area contributed by atoms with Crippen molar-refractivity contribution in [3.05, 3.63) is 0 Å². The first kappa shape index (κ1) is 15.6. The molecule has 1 spiro atoms. The van der Waals surface area contributed by atoms with Crippen LogP contribution in [0.4, 0.5) is 0 Å². The summed E-state index contributed by atoms with van der Waals surface area (Å²) in [5.41, 5.74) is 0.555. The molecule has 1 heterocycles. The molecule has 0 aromatic carbocycles. The summed E-state index contributed by atoms with van der Waals surface area (Å²) in [5.74, 6) is 0.748. The average molecular weight is 288 g/mol. The van der Waals surface area contributed by atoms with Gasteiger partial charge < -0.3 is 10.1 Å². The summed E-state index contributed by atoms with van der Waals surface area (Å²) in [5, 5.41) is 3.59. The second kappa shape index (κ2) is 6.78. The van der Waals surface area contributed by atoms with Crippen LogP contribution in [0.25, 0.3) is 0 Å². The van der Waals surface area contributed by atoms with Crippen LogP contribution in [0.15, 0.2) is 0 Å². The topological polar surface area (TPSA) is 21.3 Å². The molecule has 2 rings (SSSR count). The van der Waals surface area contributed by atoms with Gasteiger partial charge in [-0.25, -0.2) is 0 Å². The predicted molar refractivity (Wildman–Crippen MR) is 81.9 cm³/mol. The van der Waals surface area contributed by atoms with Crippen LogP contribution in [0.3, 0.4) is 0 Å². The normalized spacial score (nSPS) is 27.0. The van der Waals surface area contributed by atoms with Crippen LogP contribution in [-0.4, -0.2) is 30.7 Å². The minimum Gasteiger partial charge on any atom is -0.370 e. The molecule has 0 aromatic heterocycles. The Morgan fingerprint density at radius 2 is 1.95 bits per heavy atom. The molecule has 1 N–H and O–H groups in total. The van der Waals surface area contributed by atoms with Crippen LogP contribution in [0.1, 0.15) is 65.2 Å². The summed E-state index contributed by atoms with van der Waals surface area (Å²) in [6.07, 6.45) is 10.7. The van der Waals surface area contributed by atoms with Crippen LogP contribution in [0, 0.1) is 5.41 Å². The van der Waals surface area contributed by atoms with Crippen molar-refractivity contribution < 1.29 is 4.74 Å². The molecule has 0 aromatic rings. The van der Waals surface area contributed by atoms with Gasteiger partial charge in [-0.15, -0.1) is 11.6 Å². The maximum absolute atomic E-state index is 6.38. The lowest BCUT2D eigenvalue weighted by atomic mass is 9.83. The quantitative estimate of drug-likeness (QED) is 0.742. The molecular weight excluding hydrogens is 258 g/mol. The molecule has 1 saturated carbocycles. The van der Waals surface area contributed by atoms with Gasteiger partial charge in [0, 0.05) is 19.0 Å². The van der Waals surface area contributed by atoms with Crippen LogP contribution < -0.4 is 5.32 Å². The largest absolute Gasteiger partial charge is 0.370 e. The minimum atomic E-state index is 0.260. The third-order valence-electron chi connectivity index (χ3n) is 4.85. The highest BCUT2D eigenvalue weighted by molar-refractivity contribution is 6.17. The highest BCUT2D eigenvalue weighted by atomic mass is 35.5. The zero-order chi connectivity index (χ0) is 13.8. The Bertz CT molecular complexity index is 274. The minimum absolute atomic E-state index is 0.260. The fraction of sp³-hybridized carbons (Fsp3) is 1.00. The molecular formula is C16H30ClNO. The van der Waals surface area contributed by atoms with E-state index in [9.17, 15) is 0 Å². The summed E-state index contributed by atoms with van der Waals surface area (Å²) in [4.78, 5) is 0. The van der Waals surface area contributed by atoms with Crippen molar-refractivity contribution in [1.29, 1.82) is 0 Å². The van der Waals surface area contributed by atoms with E-state index in [0.717, 1.165) is 25.4 Å². The van der Waals surface area contributed by atoms with Crippen LogP contribution in [-0.2, 0) is 4.74 Å². The molecule has 2 fully saturated rings. The van der Waals surface area contributed by atoms with E-state index in [1.807, 2.05) is 0 Å². The van der Waals surface area contributed by atoms with Crippen molar-refractivity contribution in [3.63, 3.8) is 0 Å². The van der Waals surface area contributed by atoms with Crippen LogP contribution in [0.2, 0.25) is 0 Å². The lowest BCUT2D eigenvalue weighted by Gasteiger charge is -2.33. The molecule has 1 unspecified atom stereocenters. The van der Waals surface area contributed by atoms with E-state index in [-0.39, 0.29) is 5.60 Å². The molecule has 0 amide bonds. The molecule has 2 nitrogen and oxygen atoms in total. The van der Waals surface area contributed by atoms with Gasteiger partial charge in [-0.3, -0.25) is 0 Å². The lowest BCUT2D eigenvalue weighted by Crippen LogP contribution is -2.37. The number of nitrogens with one attached hydrogen (secondary N) is 1. The number of alkyl halides is 1. The summed E-state index contributed by atoms with van der Waals surface area (Å²) in [6, 6.07) is 0. The molecule has 0 radical (unpaired) electrons. The number of hydrogen-bond donors (Lipinski definition) is 1. The zero-order valence-electron chi connectivity index (χ0n) is 12.6. The van der Waals surface area contributed by atoms with E-state index in [2.05, 4.69) is 19.2 Å². The Morgan fingerprint density at radius 1 is 1.21 bits per heavy atom. The molecule has 3 heteroatoms. The first-order valence-corrected chi connectivity index (χ1v) is 8.53. The van der Waals surface area contributed by atoms with Gasteiger partial charge in [0.2, 0.25) is 0 Å². The van der Waals surface area contributed by atoms with Crippen molar-refractivity contribution in [3.8, 4) is 0 Å². The predicted octanol–water partition coefficient (Wildman–Crippen LogP) is 4.11. The Balaban J connectivity index is 1.68. The van der Waals surface area contributed by atoms with Gasteiger partial charge in [-0.1, -0.05) is 33.1 Å². The van der Waals surface area contributed by atoms with Crippen molar-refractivity contribution in [1.82, 2.24) is 5.32 Å². The summed E-state index contributed by atoms with van der Waals surface area (Å²) < 4.78 is 6.38. The van der Waals surface area contributed by atoms with E-state index in [4.69, 9.17) is 16.3 Å². The Labute approximate surface area is 123 Å². The summed E-state index contributed by atoms with van der Waals surface area (Å²) >= 11 is 5.84. The molecule has 1 atom stereocenters. The summed E-state index contributed by atoms with van der Waals surface area (Å²) in [7, 11) is 0. The first-order chi connectivity index (χ1) is 9.05. The lowest BCUT2D eigenvalue weighted by molar-refractivity contribution is -0.0627. The van der Waals surface area contributed by atoms with Gasteiger partial charge in [0.1, 0.15) is 0 Å². The molecule has 1 saturated heterocycles. The van der Waals surface area contributed by atoms with Gasteiger partial charge in [0.25, 0.3) is 0 Å². The third kappa shape index (κ3) is 4.61. The Kier molecular flexibility index (Phi) is 5.56. The smallest absolute Gasteiger partial charge is 0.0708 e. The zero-order valence-corrected chi connectivity index (χ0v) is 13.4. The van der Waals surface area contributed by atoms with E-state index in [1.165, 1.54) is 44.9 Å². The number of ether oxygens (including phenoxy) is 1. The Morgan fingerprint density at radius 3 is 2.63 bits per heavy atom. The maximum Gasteiger partial charge on any atom is 0.0708 e. The van der Waals surface area contributed by atoms with Gasteiger partial charge in [0.05, 0.1) is 11.7 Å². The van der Waals surface area contributed by atoms with E-state index in [0.29, 0.717) is 11.5 Å². The molecule has 1 aliphatic heterocycles. The Hall–Kier alpha value is 0.210. The van der Waals surface area contributed by atoms with Crippen molar-refractivity contribution in [2.75, 3.05) is 19.0 Å². The van der Waals surface area contributed by atoms with Crippen molar-refractivity contribution >= 4 is 11.6 Å². The second-order valence-corrected chi connectivity index (χ2v) is 7.63. The van der Waals surface area contributed by atoms with Crippen LogP contribution >= 0.6 is 11.6 Å². The number of halogens is 1. The fourth-order valence-corrected chi connectivity index (χ4v) is 4.03. The highest BCUT2D eigenvalue weighted by Crippen LogP contribution is 2.41. The second-order valence-electron chi connectivity index (χ2n) is 7.26. The highest BCUT2D eigenvalue weighted by Gasteiger charge is 2.40. The molecule has 1 aliphatic carbocycles. The first-order valence-electron chi connectivity index (χ1n) is 8.00. The average Bonchev–Trinajstić information content (AvgIpc) is 2.73. The van der Waals surface area contributed by atoms with E-state index >= 15 is 0 Å². The maximum atomic E-state index is 6.38. The molecule has 19 heavy (non-hydrogen) atoms. The SMILES string of the molecule is CC(C)(CCCl)CNCC1CCC2(CCCCC2)O1. The number of hydrogen-bond acceptors (Lipinski definition) is 2. The van der Waals surface area contributed by atoms with Gasteiger partial charge in [-0.05, 0) is 37.5 Å². The third-order valence-corrected chi connectivity index (χ3v) is 5.04. The van der Waals surface area contributed by atoms with Crippen LogP contribution in [0.5, 0.6) is 0 Å². The molecule has 2 aliphatic rings. The van der Waals surface area contributed by atoms with E-state index < -0.39 is 0 Å².